The van der Waals surface area contributed by atoms with Crippen LogP contribution in [0.15, 0.2) is 41.5 Å². The van der Waals surface area contributed by atoms with Crippen LogP contribution >= 0.6 is 0 Å². The highest BCUT2D eigenvalue weighted by atomic mass is 16.5. The Morgan fingerprint density at radius 3 is 2.76 bits per heavy atom. The maximum atomic E-state index is 9.75. The maximum absolute atomic E-state index is 9.75. The van der Waals surface area contributed by atoms with Gasteiger partial charge in [-0.25, -0.2) is 0 Å². The van der Waals surface area contributed by atoms with Crippen LogP contribution in [-0.2, 0) is 4.74 Å². The molecule has 3 unspecified atom stereocenters. The highest BCUT2D eigenvalue weighted by Crippen LogP contribution is 2.47. The van der Waals surface area contributed by atoms with Crippen molar-refractivity contribution < 1.29 is 9.84 Å². The molecule has 0 saturated heterocycles. The van der Waals surface area contributed by atoms with E-state index in [0.29, 0.717) is 23.5 Å². The first-order valence-corrected chi connectivity index (χ1v) is 7.85. The van der Waals surface area contributed by atoms with E-state index in [-0.39, 0.29) is 0 Å². The molecule has 3 atom stereocenters. The number of phenolic OH excluding ortho intramolecular Hbond substituents is 1. The van der Waals surface area contributed by atoms with Gasteiger partial charge < -0.3 is 9.84 Å². The third-order valence-corrected chi connectivity index (χ3v) is 4.80. The Morgan fingerprint density at radius 2 is 2.05 bits per heavy atom. The van der Waals surface area contributed by atoms with Crippen molar-refractivity contribution in [2.24, 2.45) is 17.8 Å². The molecule has 112 valence electrons. The molecule has 0 spiro atoms. The van der Waals surface area contributed by atoms with Crippen LogP contribution in [-0.4, -0.2) is 12.2 Å². The van der Waals surface area contributed by atoms with Gasteiger partial charge in [-0.1, -0.05) is 37.6 Å². The van der Waals surface area contributed by atoms with Gasteiger partial charge in [0.25, 0.3) is 0 Å². The average molecular weight is 284 g/mol. The lowest BCUT2D eigenvalue weighted by Crippen LogP contribution is -2.26. The van der Waals surface area contributed by atoms with E-state index in [9.17, 15) is 5.11 Å². The van der Waals surface area contributed by atoms with Gasteiger partial charge >= 0.3 is 0 Å². The second kappa shape index (κ2) is 5.59. The first-order chi connectivity index (χ1) is 10.1. The van der Waals surface area contributed by atoms with Crippen molar-refractivity contribution in [1.82, 2.24) is 0 Å². The Morgan fingerprint density at radius 1 is 1.24 bits per heavy atom. The van der Waals surface area contributed by atoms with Crippen molar-refractivity contribution in [3.8, 4) is 5.75 Å². The molecule has 2 nitrogen and oxygen atoms in total. The molecule has 1 aromatic carbocycles. The van der Waals surface area contributed by atoms with E-state index in [1.807, 2.05) is 12.1 Å². The van der Waals surface area contributed by atoms with E-state index in [1.54, 1.807) is 24.8 Å². The summed E-state index contributed by atoms with van der Waals surface area (Å²) in [4.78, 5) is 0. The van der Waals surface area contributed by atoms with E-state index in [4.69, 9.17) is 4.74 Å². The van der Waals surface area contributed by atoms with Gasteiger partial charge in [-0.2, -0.15) is 0 Å². The van der Waals surface area contributed by atoms with Gasteiger partial charge in [0, 0.05) is 5.56 Å². The predicted octanol–water partition coefficient (Wildman–Crippen LogP) is 4.76. The first kappa shape index (κ1) is 14.2. The van der Waals surface area contributed by atoms with Crippen LogP contribution in [0.2, 0.25) is 0 Å². The van der Waals surface area contributed by atoms with Gasteiger partial charge in [0.15, 0.2) is 0 Å². The minimum atomic E-state index is 0.295. The van der Waals surface area contributed by atoms with Gasteiger partial charge in [-0.05, 0) is 54.7 Å². The molecular formula is C19H24O2. The van der Waals surface area contributed by atoms with Crippen LogP contribution in [0.5, 0.6) is 5.75 Å². The van der Waals surface area contributed by atoms with E-state index < -0.39 is 0 Å². The fourth-order valence-corrected chi connectivity index (χ4v) is 4.14. The van der Waals surface area contributed by atoms with Gasteiger partial charge in [-0.3, -0.25) is 0 Å². The quantitative estimate of drug-likeness (QED) is 0.626. The molecule has 2 bridgehead atoms. The number of benzene rings is 1. The number of hydrogen-bond acceptors (Lipinski definition) is 2. The van der Waals surface area contributed by atoms with Crippen molar-refractivity contribution in [2.75, 3.05) is 7.11 Å². The number of allylic oxidation sites excluding steroid dienone is 3. The molecule has 2 aliphatic rings. The Kier molecular flexibility index (Phi) is 3.79. The third-order valence-electron chi connectivity index (χ3n) is 4.80. The fraction of sp³-hybridized carbons (Fsp3) is 0.474. The molecule has 0 aliphatic heterocycles. The van der Waals surface area contributed by atoms with Crippen LogP contribution in [0.4, 0.5) is 0 Å². The molecule has 1 fully saturated rings. The zero-order valence-corrected chi connectivity index (χ0v) is 13.1. The Balaban J connectivity index is 2.07. The molecule has 2 heteroatoms. The third kappa shape index (κ3) is 2.72. The second-order valence-electron chi connectivity index (χ2n) is 6.58. The van der Waals surface area contributed by atoms with Crippen LogP contribution < -0.4 is 0 Å². The Labute approximate surface area is 127 Å². The smallest absolute Gasteiger partial charge is 0.125 e. The SMILES string of the molecule is CO/C(=C1/C(C)CC2=CC(C)CC1C2)c1cccc(O)c1. The summed E-state index contributed by atoms with van der Waals surface area (Å²) in [5.41, 5.74) is 4.04. The topological polar surface area (TPSA) is 29.5 Å². The van der Waals surface area contributed by atoms with Crippen LogP contribution in [0.1, 0.15) is 38.7 Å². The van der Waals surface area contributed by atoms with Crippen molar-refractivity contribution in [3.63, 3.8) is 0 Å². The zero-order chi connectivity index (χ0) is 15.0. The predicted molar refractivity (Wildman–Crippen MR) is 85.8 cm³/mol. The van der Waals surface area contributed by atoms with Crippen LogP contribution in [0, 0.1) is 17.8 Å². The van der Waals surface area contributed by atoms with Crippen molar-refractivity contribution in [1.29, 1.82) is 0 Å². The Hall–Kier alpha value is -1.70. The van der Waals surface area contributed by atoms with Crippen LogP contribution in [0.25, 0.3) is 5.76 Å². The normalized spacial score (nSPS) is 30.6. The summed E-state index contributed by atoms with van der Waals surface area (Å²) in [6.45, 7) is 4.60. The standard InChI is InChI=1S/C19H24O2/c1-12-7-14-9-13(2)18(16(8-12)10-14)19(21-3)15-5-4-6-17(20)11-15/h4-7,11-13,16,20H,8-10H2,1-3H3/b19-18-. The molecule has 1 saturated carbocycles. The first-order valence-electron chi connectivity index (χ1n) is 7.85. The summed E-state index contributed by atoms with van der Waals surface area (Å²) in [6.07, 6.45) is 5.98. The highest BCUT2D eigenvalue weighted by molar-refractivity contribution is 5.66. The van der Waals surface area contributed by atoms with Gasteiger partial charge in [0.2, 0.25) is 0 Å². The zero-order valence-electron chi connectivity index (χ0n) is 13.1. The number of methoxy groups -OCH3 is 1. The summed E-state index contributed by atoms with van der Waals surface area (Å²) in [7, 11) is 1.75. The van der Waals surface area contributed by atoms with E-state index >= 15 is 0 Å². The summed E-state index contributed by atoms with van der Waals surface area (Å²) in [5.74, 6) is 3.02. The maximum Gasteiger partial charge on any atom is 0.125 e. The monoisotopic (exact) mass is 284 g/mol. The Bertz CT molecular complexity index is 597. The summed E-state index contributed by atoms with van der Waals surface area (Å²) in [5, 5.41) is 9.75. The lowest BCUT2D eigenvalue weighted by atomic mass is 9.67. The number of ether oxygens (including phenoxy) is 1. The minimum Gasteiger partial charge on any atom is -0.508 e. The molecule has 1 aromatic rings. The lowest BCUT2D eigenvalue weighted by Gasteiger charge is -2.38. The molecule has 0 amide bonds. The minimum absolute atomic E-state index is 0.295. The van der Waals surface area contributed by atoms with Crippen molar-refractivity contribution >= 4 is 5.76 Å². The number of fused-ring (bicyclic) bond motifs is 2. The highest BCUT2D eigenvalue weighted by Gasteiger charge is 2.34. The molecule has 0 heterocycles. The molecular weight excluding hydrogens is 260 g/mol. The van der Waals surface area contributed by atoms with Crippen molar-refractivity contribution in [2.45, 2.75) is 33.1 Å². The van der Waals surface area contributed by atoms with E-state index in [2.05, 4.69) is 19.9 Å². The van der Waals surface area contributed by atoms with Gasteiger partial charge in [-0.15, -0.1) is 0 Å². The summed E-state index contributed by atoms with van der Waals surface area (Å²) >= 11 is 0. The van der Waals surface area contributed by atoms with E-state index in [0.717, 1.165) is 17.7 Å². The lowest BCUT2D eigenvalue weighted by molar-refractivity contribution is 0.324. The molecule has 0 aromatic heterocycles. The van der Waals surface area contributed by atoms with E-state index in [1.165, 1.54) is 18.4 Å². The molecule has 21 heavy (non-hydrogen) atoms. The van der Waals surface area contributed by atoms with Gasteiger partial charge in [0.05, 0.1) is 7.11 Å². The molecule has 1 N–H and O–H groups in total. The largest absolute Gasteiger partial charge is 0.508 e. The van der Waals surface area contributed by atoms with Crippen LogP contribution in [0.3, 0.4) is 0 Å². The summed E-state index contributed by atoms with van der Waals surface area (Å²) in [6, 6.07) is 7.41. The van der Waals surface area contributed by atoms with Crippen molar-refractivity contribution in [3.05, 3.63) is 47.1 Å². The molecule has 2 aliphatic carbocycles. The summed E-state index contributed by atoms with van der Waals surface area (Å²) < 4.78 is 5.78. The number of rotatable bonds is 2. The average Bonchev–Trinajstić information content (AvgIpc) is 2.42. The molecule has 3 rings (SSSR count). The second-order valence-corrected chi connectivity index (χ2v) is 6.58. The number of phenols is 1. The molecule has 0 radical (unpaired) electrons. The van der Waals surface area contributed by atoms with Gasteiger partial charge in [0.1, 0.15) is 11.5 Å². The number of aromatic hydroxyl groups is 1. The number of hydrogen-bond donors (Lipinski definition) is 1. The fourth-order valence-electron chi connectivity index (χ4n) is 4.14.